The molecule has 12 nitrogen and oxygen atoms in total. The van der Waals surface area contributed by atoms with Crippen LogP contribution in [-0.2, 0) is 20.1 Å². The van der Waals surface area contributed by atoms with Gasteiger partial charge in [-0.05, 0) is 6.07 Å². The van der Waals surface area contributed by atoms with Gasteiger partial charge in [0.25, 0.3) is 5.91 Å². The van der Waals surface area contributed by atoms with Gasteiger partial charge in [0, 0.05) is 49.8 Å². The van der Waals surface area contributed by atoms with Gasteiger partial charge in [-0.15, -0.1) is 10.2 Å². The van der Waals surface area contributed by atoms with Gasteiger partial charge in [0.15, 0.2) is 5.82 Å². The van der Waals surface area contributed by atoms with Gasteiger partial charge in [0.2, 0.25) is 5.88 Å². The van der Waals surface area contributed by atoms with Crippen LogP contribution in [0, 0.1) is 0 Å². The van der Waals surface area contributed by atoms with Crippen LogP contribution in [0.5, 0.6) is 5.88 Å². The topological polar surface area (TPSA) is 124 Å². The van der Waals surface area contributed by atoms with E-state index in [4.69, 9.17) is 4.74 Å². The Bertz CT molecular complexity index is 1580. The summed E-state index contributed by atoms with van der Waals surface area (Å²) in [4.78, 5) is 32.2. The molecule has 1 aromatic carbocycles. The van der Waals surface area contributed by atoms with E-state index in [9.17, 15) is 9.59 Å². The number of benzene rings is 1. The highest BCUT2D eigenvalue weighted by molar-refractivity contribution is 5.97. The molecule has 0 radical (unpaired) electrons. The highest BCUT2D eigenvalue weighted by Gasteiger charge is 2.28. The summed E-state index contributed by atoms with van der Waals surface area (Å²) >= 11 is 0. The molecule has 1 N–H and O–H groups in total. The third-order valence-corrected chi connectivity index (χ3v) is 6.01. The lowest BCUT2D eigenvalue weighted by Gasteiger charge is -2.26. The minimum atomic E-state index is -0.745. The molecule has 36 heavy (non-hydrogen) atoms. The molecule has 4 aromatic heterocycles. The third-order valence-electron chi connectivity index (χ3n) is 6.01. The molecule has 0 aliphatic carbocycles. The van der Waals surface area contributed by atoms with Crippen LogP contribution in [0.4, 0.5) is 10.5 Å². The van der Waals surface area contributed by atoms with Crippen molar-refractivity contribution in [3.63, 3.8) is 0 Å². The molecule has 1 aliphatic heterocycles. The number of amides is 2. The van der Waals surface area contributed by atoms with Crippen molar-refractivity contribution >= 4 is 23.3 Å². The van der Waals surface area contributed by atoms with Gasteiger partial charge in [-0.25, -0.2) is 14.5 Å². The summed E-state index contributed by atoms with van der Waals surface area (Å²) in [5.41, 5.74) is 3.18. The Morgan fingerprint density at radius 1 is 1.11 bits per heavy atom. The van der Waals surface area contributed by atoms with Gasteiger partial charge in [0.1, 0.15) is 17.5 Å². The first kappa shape index (κ1) is 21.5. The molecule has 0 spiro atoms. The Morgan fingerprint density at radius 3 is 2.83 bits per heavy atom. The average molecular weight is 483 g/mol. The highest BCUT2D eigenvalue weighted by Crippen LogP contribution is 2.23. The summed E-state index contributed by atoms with van der Waals surface area (Å²) in [5, 5.41) is 14.7. The fourth-order valence-electron chi connectivity index (χ4n) is 4.14. The fraction of sp³-hybridized carbons (Fsp3) is 0.167. The molecule has 0 bridgehead atoms. The molecule has 0 saturated carbocycles. The molecule has 12 heteroatoms. The van der Waals surface area contributed by atoms with Crippen molar-refractivity contribution in [2.75, 3.05) is 11.9 Å². The number of nitrogens with one attached hydrogen (secondary N) is 1. The van der Waals surface area contributed by atoms with Crippen molar-refractivity contribution in [3.8, 4) is 17.1 Å². The van der Waals surface area contributed by atoms with E-state index in [1.165, 1.54) is 10.9 Å². The van der Waals surface area contributed by atoms with Gasteiger partial charge in [-0.2, -0.15) is 5.10 Å². The lowest BCUT2D eigenvalue weighted by Crippen LogP contribution is -2.38. The normalized spacial score (nSPS) is 13.0. The standard InChI is InChI=1S/C24H21N9O3/c1-30-23(18(12-26-30)22(34)32-9-10-33-15-25-29-21(33)14-32)36-24(35)27-17-7-8-31-13-19(28-20(31)11-17)16-5-3-2-4-6-16/h2-8,11-13,15H,9-10,14H2,1H3,(H,27,35). The summed E-state index contributed by atoms with van der Waals surface area (Å²) in [6.45, 7) is 1.39. The maximum Gasteiger partial charge on any atom is 0.418 e. The first-order valence-electron chi connectivity index (χ1n) is 11.3. The molecule has 180 valence electrons. The molecule has 0 unspecified atom stereocenters. The Morgan fingerprint density at radius 2 is 1.97 bits per heavy atom. The number of carbonyl (C=O) groups excluding carboxylic acids is 2. The van der Waals surface area contributed by atoms with Crippen molar-refractivity contribution in [3.05, 3.63) is 78.8 Å². The SMILES string of the molecule is Cn1ncc(C(=O)N2CCn3cnnc3C2)c1OC(=O)Nc1ccn2cc(-c3ccccc3)nc2c1. The summed E-state index contributed by atoms with van der Waals surface area (Å²) in [5.74, 6) is 0.452. The van der Waals surface area contributed by atoms with Crippen LogP contribution < -0.4 is 10.1 Å². The minimum absolute atomic E-state index is 0.0535. The number of anilines is 1. The van der Waals surface area contributed by atoms with Crippen molar-refractivity contribution in [1.29, 1.82) is 0 Å². The van der Waals surface area contributed by atoms with Crippen LogP contribution in [0.3, 0.4) is 0 Å². The molecule has 5 heterocycles. The van der Waals surface area contributed by atoms with E-state index in [1.54, 1.807) is 36.6 Å². The Balaban J connectivity index is 1.17. The first-order chi connectivity index (χ1) is 17.5. The zero-order valence-corrected chi connectivity index (χ0v) is 19.3. The van der Waals surface area contributed by atoms with Crippen LogP contribution >= 0.6 is 0 Å². The number of aromatic nitrogens is 7. The van der Waals surface area contributed by atoms with Crippen molar-refractivity contribution in [2.45, 2.75) is 13.1 Å². The summed E-state index contributed by atoms with van der Waals surface area (Å²) in [7, 11) is 1.61. The zero-order valence-electron chi connectivity index (χ0n) is 19.3. The molecular formula is C24H21N9O3. The van der Waals surface area contributed by atoms with Crippen LogP contribution in [0.1, 0.15) is 16.2 Å². The van der Waals surface area contributed by atoms with E-state index in [-0.39, 0.29) is 17.4 Å². The van der Waals surface area contributed by atoms with Crippen molar-refractivity contribution < 1.29 is 14.3 Å². The molecule has 0 atom stereocenters. The zero-order chi connectivity index (χ0) is 24.6. The van der Waals surface area contributed by atoms with E-state index < -0.39 is 6.09 Å². The average Bonchev–Trinajstić information content (AvgIpc) is 3.62. The number of hydrogen-bond donors (Lipinski definition) is 1. The van der Waals surface area contributed by atoms with E-state index in [1.807, 2.05) is 45.5 Å². The van der Waals surface area contributed by atoms with Crippen LogP contribution in [-0.4, -0.2) is 57.4 Å². The third kappa shape index (κ3) is 3.94. The maximum atomic E-state index is 13.2. The molecule has 6 rings (SSSR count). The van der Waals surface area contributed by atoms with Gasteiger partial charge in [-0.3, -0.25) is 10.1 Å². The predicted molar refractivity (Wildman–Crippen MR) is 128 cm³/mol. The van der Waals surface area contributed by atoms with Crippen molar-refractivity contribution in [1.82, 2.24) is 38.8 Å². The number of nitrogens with zero attached hydrogens (tertiary/aromatic N) is 8. The second-order valence-electron chi connectivity index (χ2n) is 8.34. The number of pyridine rings is 1. The van der Waals surface area contributed by atoms with Gasteiger partial charge >= 0.3 is 6.09 Å². The number of carbonyl (C=O) groups is 2. The largest absolute Gasteiger partial charge is 0.418 e. The Hall–Kier alpha value is -5.00. The van der Waals surface area contributed by atoms with Crippen LogP contribution in [0.2, 0.25) is 0 Å². The van der Waals surface area contributed by atoms with Crippen LogP contribution in [0.25, 0.3) is 16.9 Å². The van der Waals surface area contributed by atoms with Gasteiger partial charge in [-0.1, -0.05) is 30.3 Å². The Labute approximate surface area is 204 Å². The van der Waals surface area contributed by atoms with Crippen LogP contribution in [0.15, 0.2) is 67.4 Å². The fourth-order valence-corrected chi connectivity index (χ4v) is 4.14. The second kappa shape index (κ2) is 8.65. The maximum absolute atomic E-state index is 13.2. The molecular weight excluding hydrogens is 462 g/mol. The summed E-state index contributed by atoms with van der Waals surface area (Å²) in [6.07, 6.45) is 6.02. The molecule has 1 aliphatic rings. The number of imidazole rings is 1. The summed E-state index contributed by atoms with van der Waals surface area (Å²) < 4.78 is 10.6. The molecule has 5 aromatic rings. The second-order valence-corrected chi connectivity index (χ2v) is 8.34. The van der Waals surface area contributed by atoms with Crippen molar-refractivity contribution in [2.24, 2.45) is 7.05 Å². The number of fused-ring (bicyclic) bond motifs is 2. The minimum Gasteiger partial charge on any atom is -0.390 e. The number of hydrogen-bond acceptors (Lipinski definition) is 7. The quantitative estimate of drug-likeness (QED) is 0.417. The lowest BCUT2D eigenvalue weighted by molar-refractivity contribution is 0.0704. The number of rotatable bonds is 4. The Kier molecular flexibility index (Phi) is 5.17. The van der Waals surface area contributed by atoms with E-state index in [2.05, 4.69) is 25.6 Å². The predicted octanol–water partition coefficient (Wildman–Crippen LogP) is 2.59. The number of ether oxygens (including phenoxy) is 1. The van der Waals surface area contributed by atoms with E-state index in [0.717, 1.165) is 11.3 Å². The monoisotopic (exact) mass is 483 g/mol. The lowest BCUT2D eigenvalue weighted by atomic mass is 10.2. The smallest absolute Gasteiger partial charge is 0.390 e. The van der Waals surface area contributed by atoms with Gasteiger partial charge in [0.05, 0.1) is 18.4 Å². The summed E-state index contributed by atoms with van der Waals surface area (Å²) in [6, 6.07) is 13.3. The molecule has 0 saturated heterocycles. The highest BCUT2D eigenvalue weighted by atomic mass is 16.6. The number of aryl methyl sites for hydroxylation is 1. The molecule has 2 amide bonds. The van der Waals surface area contributed by atoms with Gasteiger partial charge < -0.3 is 18.6 Å². The van der Waals surface area contributed by atoms with E-state index >= 15 is 0 Å². The molecule has 0 fully saturated rings. The first-order valence-corrected chi connectivity index (χ1v) is 11.3. The van der Waals surface area contributed by atoms with E-state index in [0.29, 0.717) is 36.8 Å².